The van der Waals surface area contributed by atoms with Crippen LogP contribution in [0.5, 0.6) is 17.2 Å². The van der Waals surface area contributed by atoms with Gasteiger partial charge >= 0.3 is 6.03 Å². The molecule has 2 aromatic carbocycles. The molecule has 3 N–H and O–H groups in total. The zero-order chi connectivity index (χ0) is 22.1. The van der Waals surface area contributed by atoms with Crippen molar-refractivity contribution in [3.8, 4) is 17.2 Å². The van der Waals surface area contributed by atoms with Crippen molar-refractivity contribution in [2.24, 2.45) is 10.8 Å². The number of halogens is 1. The number of carbonyl (C=O) groups excluding carboxylic acids is 1. The smallest absolute Gasteiger partial charge is 0.332 e. The Balaban J connectivity index is 1.98. The monoisotopic (exact) mass is 433 g/mol. The second kappa shape index (κ2) is 10.7. The summed E-state index contributed by atoms with van der Waals surface area (Å²) in [6.07, 6.45) is 1.41. The van der Waals surface area contributed by atoms with Crippen molar-refractivity contribution in [1.82, 2.24) is 5.43 Å². The van der Waals surface area contributed by atoms with Crippen LogP contribution in [0.4, 0.5) is 4.79 Å². The first-order valence-electron chi connectivity index (χ1n) is 9.61. The fourth-order valence-electron chi connectivity index (χ4n) is 2.59. The van der Waals surface area contributed by atoms with Crippen LogP contribution in [0.2, 0.25) is 5.02 Å². The van der Waals surface area contributed by atoms with Crippen LogP contribution >= 0.6 is 11.6 Å². The van der Waals surface area contributed by atoms with Crippen molar-refractivity contribution in [3.05, 3.63) is 52.5 Å². The highest BCUT2D eigenvalue weighted by Crippen LogP contribution is 2.36. The van der Waals surface area contributed by atoms with Gasteiger partial charge in [0.15, 0.2) is 11.5 Å². The number of benzene rings is 2. The summed E-state index contributed by atoms with van der Waals surface area (Å²) < 4.78 is 17.2. The fraction of sp³-hybridized carbons (Fsp3) is 0.364. The van der Waals surface area contributed by atoms with Crippen LogP contribution < -0.4 is 25.4 Å². The summed E-state index contributed by atoms with van der Waals surface area (Å²) in [5.74, 6) is 1.67. The van der Waals surface area contributed by atoms with Gasteiger partial charge in [-0.1, -0.05) is 44.5 Å². The van der Waals surface area contributed by atoms with E-state index in [4.69, 9.17) is 31.5 Å². The van der Waals surface area contributed by atoms with Gasteiger partial charge in [0.05, 0.1) is 17.8 Å². The molecule has 0 aromatic heterocycles. The highest BCUT2D eigenvalue weighted by Gasteiger charge is 2.14. The highest BCUT2D eigenvalue weighted by atomic mass is 35.5. The van der Waals surface area contributed by atoms with Crippen LogP contribution in [0.15, 0.2) is 41.5 Å². The molecule has 0 bridgehead atoms. The van der Waals surface area contributed by atoms with Gasteiger partial charge in [-0.25, -0.2) is 10.2 Å². The van der Waals surface area contributed by atoms with Gasteiger partial charge in [-0.2, -0.15) is 5.10 Å². The van der Waals surface area contributed by atoms with Crippen LogP contribution in [0.3, 0.4) is 0 Å². The molecule has 0 aliphatic heterocycles. The molecular weight excluding hydrogens is 406 g/mol. The van der Waals surface area contributed by atoms with E-state index in [9.17, 15) is 4.79 Å². The zero-order valence-electron chi connectivity index (χ0n) is 17.7. The normalized spacial score (nSPS) is 11.4. The fourth-order valence-corrected chi connectivity index (χ4v) is 2.86. The molecule has 0 radical (unpaired) electrons. The largest absolute Gasteiger partial charge is 0.490 e. The zero-order valence-corrected chi connectivity index (χ0v) is 18.5. The summed E-state index contributed by atoms with van der Waals surface area (Å²) in [6, 6.07) is 10.6. The predicted octanol–water partition coefficient (Wildman–Crippen LogP) is 4.50. The lowest BCUT2D eigenvalue weighted by atomic mass is 9.87. The first-order chi connectivity index (χ1) is 14.2. The van der Waals surface area contributed by atoms with Crippen molar-refractivity contribution in [1.29, 1.82) is 0 Å². The van der Waals surface area contributed by atoms with Gasteiger partial charge < -0.3 is 19.9 Å². The molecule has 0 unspecified atom stereocenters. The second-order valence-corrected chi connectivity index (χ2v) is 7.88. The quantitative estimate of drug-likeness (QED) is 0.346. The van der Waals surface area contributed by atoms with Gasteiger partial charge in [-0.3, -0.25) is 0 Å². The summed E-state index contributed by atoms with van der Waals surface area (Å²) in [4.78, 5) is 10.7. The maximum absolute atomic E-state index is 10.7. The third-order valence-corrected chi connectivity index (χ3v) is 4.32. The van der Waals surface area contributed by atoms with E-state index < -0.39 is 6.03 Å². The molecule has 0 spiro atoms. The lowest BCUT2D eigenvalue weighted by molar-refractivity contribution is 0.208. The van der Waals surface area contributed by atoms with Crippen molar-refractivity contribution in [2.45, 2.75) is 33.1 Å². The second-order valence-electron chi connectivity index (χ2n) is 7.47. The van der Waals surface area contributed by atoms with E-state index in [1.165, 1.54) is 11.8 Å². The van der Waals surface area contributed by atoms with E-state index >= 15 is 0 Å². The average Bonchev–Trinajstić information content (AvgIpc) is 2.66. The number of amides is 2. The number of carbonyl (C=O) groups is 1. The minimum absolute atomic E-state index is 0.0981. The van der Waals surface area contributed by atoms with Crippen molar-refractivity contribution < 1.29 is 19.0 Å². The molecule has 0 atom stereocenters. The van der Waals surface area contributed by atoms with E-state index in [-0.39, 0.29) is 12.0 Å². The van der Waals surface area contributed by atoms with Gasteiger partial charge in [0, 0.05) is 0 Å². The Morgan fingerprint density at radius 1 is 1.13 bits per heavy atom. The molecule has 30 heavy (non-hydrogen) atoms. The van der Waals surface area contributed by atoms with E-state index in [0.717, 1.165) is 5.75 Å². The molecular formula is C22H28ClN3O4. The molecule has 0 saturated heterocycles. The number of ether oxygens (including phenoxy) is 3. The minimum atomic E-state index is -0.754. The van der Waals surface area contributed by atoms with Gasteiger partial charge in [-0.05, 0) is 47.7 Å². The molecule has 2 amide bonds. The number of hydrogen-bond acceptors (Lipinski definition) is 5. The third kappa shape index (κ3) is 7.15. The average molecular weight is 434 g/mol. The molecule has 2 aromatic rings. The molecule has 2 rings (SSSR count). The molecule has 0 aliphatic carbocycles. The van der Waals surface area contributed by atoms with Gasteiger partial charge in [-0.15, -0.1) is 0 Å². The summed E-state index contributed by atoms with van der Waals surface area (Å²) in [5.41, 5.74) is 9.07. The SMILES string of the molecule is CCOc1cc(/C=N\NC(N)=O)cc(Cl)c1OCCOc1ccc(C(C)(C)C)cc1. The molecule has 0 saturated carbocycles. The van der Waals surface area contributed by atoms with Crippen molar-refractivity contribution in [2.75, 3.05) is 19.8 Å². The number of nitrogens with zero attached hydrogens (tertiary/aromatic N) is 1. The Hall–Kier alpha value is -2.93. The number of nitrogens with two attached hydrogens (primary N) is 1. The van der Waals surface area contributed by atoms with Crippen LogP contribution in [0, 0.1) is 0 Å². The number of hydrogen-bond donors (Lipinski definition) is 2. The van der Waals surface area contributed by atoms with Crippen LogP contribution in [-0.2, 0) is 5.41 Å². The Morgan fingerprint density at radius 3 is 2.40 bits per heavy atom. The summed E-state index contributed by atoms with van der Waals surface area (Å²) in [7, 11) is 0. The molecule has 0 heterocycles. The Bertz CT molecular complexity index is 877. The predicted molar refractivity (Wildman–Crippen MR) is 119 cm³/mol. The lowest BCUT2D eigenvalue weighted by Crippen LogP contribution is -2.24. The molecule has 162 valence electrons. The number of nitrogens with one attached hydrogen (secondary N) is 1. The maximum Gasteiger partial charge on any atom is 0.332 e. The summed E-state index contributed by atoms with van der Waals surface area (Å²) in [5, 5.41) is 4.08. The standard InChI is InChI=1S/C22H28ClN3O4/c1-5-28-19-13-15(14-25-26-21(24)27)12-18(23)20(19)30-11-10-29-17-8-6-16(7-9-17)22(2,3)4/h6-9,12-14H,5,10-11H2,1-4H3,(H3,24,26,27)/b25-14-. The van der Waals surface area contributed by atoms with E-state index in [0.29, 0.717) is 35.3 Å². The first kappa shape index (κ1) is 23.3. The minimum Gasteiger partial charge on any atom is -0.490 e. The molecule has 8 heteroatoms. The number of rotatable bonds is 9. The van der Waals surface area contributed by atoms with E-state index in [1.54, 1.807) is 12.1 Å². The first-order valence-corrected chi connectivity index (χ1v) is 9.99. The Labute approximate surface area is 182 Å². The number of urea groups is 1. The van der Waals surface area contributed by atoms with Crippen molar-refractivity contribution >= 4 is 23.8 Å². The highest BCUT2D eigenvalue weighted by molar-refractivity contribution is 6.32. The number of hydrazone groups is 1. The van der Waals surface area contributed by atoms with E-state index in [1.807, 2.05) is 19.1 Å². The summed E-state index contributed by atoms with van der Waals surface area (Å²) >= 11 is 6.35. The Kier molecular flexibility index (Phi) is 8.35. The van der Waals surface area contributed by atoms with Gasteiger partial charge in [0.2, 0.25) is 0 Å². The summed E-state index contributed by atoms with van der Waals surface area (Å²) in [6.45, 7) is 9.44. The van der Waals surface area contributed by atoms with Crippen LogP contribution in [0.25, 0.3) is 0 Å². The van der Waals surface area contributed by atoms with Crippen molar-refractivity contribution in [3.63, 3.8) is 0 Å². The van der Waals surface area contributed by atoms with Gasteiger partial charge in [0.1, 0.15) is 19.0 Å². The maximum atomic E-state index is 10.7. The van der Waals surface area contributed by atoms with Crippen LogP contribution in [-0.4, -0.2) is 32.1 Å². The molecule has 0 aliphatic rings. The van der Waals surface area contributed by atoms with E-state index in [2.05, 4.69) is 43.4 Å². The Morgan fingerprint density at radius 2 is 1.80 bits per heavy atom. The van der Waals surface area contributed by atoms with Gasteiger partial charge in [0.25, 0.3) is 0 Å². The molecule has 0 fully saturated rings. The lowest BCUT2D eigenvalue weighted by Gasteiger charge is -2.19. The van der Waals surface area contributed by atoms with Crippen LogP contribution in [0.1, 0.15) is 38.8 Å². The third-order valence-electron chi connectivity index (χ3n) is 4.04. The topological polar surface area (TPSA) is 95.2 Å². The molecule has 7 nitrogen and oxygen atoms in total. The number of primary amides is 1.